The summed E-state index contributed by atoms with van der Waals surface area (Å²) in [7, 11) is 0. The molecule has 17 heavy (non-hydrogen) atoms. The van der Waals surface area contributed by atoms with Crippen molar-refractivity contribution in [2.24, 2.45) is 0 Å². The van der Waals surface area contributed by atoms with Crippen LogP contribution in [0, 0.1) is 6.92 Å². The second-order valence-electron chi connectivity index (χ2n) is 4.24. The summed E-state index contributed by atoms with van der Waals surface area (Å²) in [5.41, 5.74) is 2.91. The average Bonchev–Trinajstić information content (AvgIpc) is 2.78. The van der Waals surface area contributed by atoms with Gasteiger partial charge in [-0.05, 0) is 30.5 Å². The smallest absolute Gasteiger partial charge is 0.121 e. The molecule has 90 valence electrons. The van der Waals surface area contributed by atoms with Gasteiger partial charge in [0.1, 0.15) is 6.10 Å². The van der Waals surface area contributed by atoms with Gasteiger partial charge in [0.15, 0.2) is 0 Å². The Kier molecular flexibility index (Phi) is 3.59. The Bertz CT molecular complexity index is 490. The molecule has 1 heterocycles. The minimum absolute atomic E-state index is 0.592. The Labute approximate surface area is 102 Å². The molecule has 1 unspecified atom stereocenters. The van der Waals surface area contributed by atoms with Gasteiger partial charge in [0.2, 0.25) is 0 Å². The van der Waals surface area contributed by atoms with Crippen molar-refractivity contribution in [1.29, 1.82) is 0 Å². The van der Waals surface area contributed by atoms with Crippen LogP contribution in [0.5, 0.6) is 0 Å². The summed E-state index contributed by atoms with van der Waals surface area (Å²) in [6.45, 7) is 4.95. The number of aromatic nitrogens is 2. The Morgan fingerprint density at radius 2 is 2.06 bits per heavy atom. The molecule has 2 rings (SSSR count). The van der Waals surface area contributed by atoms with Crippen LogP contribution >= 0.6 is 0 Å². The maximum Gasteiger partial charge on any atom is 0.121 e. The number of aliphatic hydroxyl groups is 1. The molecule has 0 amide bonds. The van der Waals surface area contributed by atoms with Crippen LogP contribution in [0.4, 0.5) is 0 Å². The highest BCUT2D eigenvalue weighted by Gasteiger charge is 2.16. The molecular weight excluding hydrogens is 212 g/mol. The van der Waals surface area contributed by atoms with Crippen LogP contribution in [-0.2, 0) is 6.54 Å². The zero-order chi connectivity index (χ0) is 12.3. The van der Waals surface area contributed by atoms with E-state index < -0.39 is 6.10 Å². The van der Waals surface area contributed by atoms with Gasteiger partial charge in [0.05, 0.1) is 5.69 Å². The third kappa shape index (κ3) is 2.39. The zero-order valence-electron chi connectivity index (χ0n) is 10.3. The quantitative estimate of drug-likeness (QED) is 0.877. The number of rotatable bonds is 4. The Morgan fingerprint density at radius 3 is 2.76 bits per heavy atom. The number of hydrogen-bond donors (Lipinski definition) is 1. The summed E-state index contributed by atoms with van der Waals surface area (Å²) in [6, 6.07) is 9.79. The molecule has 3 nitrogen and oxygen atoms in total. The summed E-state index contributed by atoms with van der Waals surface area (Å²) >= 11 is 0. The highest BCUT2D eigenvalue weighted by Crippen LogP contribution is 2.24. The second-order valence-corrected chi connectivity index (χ2v) is 4.24. The molecule has 0 saturated heterocycles. The van der Waals surface area contributed by atoms with E-state index in [-0.39, 0.29) is 0 Å². The molecule has 0 radical (unpaired) electrons. The van der Waals surface area contributed by atoms with Gasteiger partial charge in [-0.1, -0.05) is 31.2 Å². The molecule has 0 fully saturated rings. The molecule has 0 aliphatic heterocycles. The van der Waals surface area contributed by atoms with Crippen molar-refractivity contribution >= 4 is 0 Å². The monoisotopic (exact) mass is 230 g/mol. The van der Waals surface area contributed by atoms with Crippen LogP contribution in [-0.4, -0.2) is 14.9 Å². The van der Waals surface area contributed by atoms with Crippen molar-refractivity contribution in [3.8, 4) is 0 Å². The van der Waals surface area contributed by atoms with Crippen LogP contribution in [0.15, 0.2) is 36.5 Å². The number of hydrogen-bond acceptors (Lipinski definition) is 2. The molecule has 1 aromatic heterocycles. The summed E-state index contributed by atoms with van der Waals surface area (Å²) in [6.07, 6.45) is 2.16. The predicted octanol–water partition coefficient (Wildman–Crippen LogP) is 2.68. The minimum atomic E-state index is -0.592. The lowest BCUT2D eigenvalue weighted by Crippen LogP contribution is -2.10. The minimum Gasteiger partial charge on any atom is -0.382 e. The maximum atomic E-state index is 10.4. The molecule has 2 aromatic rings. The van der Waals surface area contributed by atoms with Gasteiger partial charge in [0, 0.05) is 12.7 Å². The first-order valence-corrected chi connectivity index (χ1v) is 5.99. The number of benzene rings is 1. The molecule has 0 spiro atoms. The largest absolute Gasteiger partial charge is 0.382 e. The van der Waals surface area contributed by atoms with Gasteiger partial charge in [-0.3, -0.25) is 4.68 Å². The third-order valence-electron chi connectivity index (χ3n) is 2.95. The van der Waals surface area contributed by atoms with Crippen LogP contribution in [0.25, 0.3) is 0 Å². The Morgan fingerprint density at radius 1 is 1.29 bits per heavy atom. The van der Waals surface area contributed by atoms with E-state index >= 15 is 0 Å². The van der Waals surface area contributed by atoms with E-state index in [9.17, 15) is 5.11 Å². The summed E-state index contributed by atoms with van der Waals surface area (Å²) < 4.78 is 1.87. The molecule has 1 N–H and O–H groups in total. The first-order chi connectivity index (χ1) is 8.24. The van der Waals surface area contributed by atoms with Gasteiger partial charge < -0.3 is 5.11 Å². The molecule has 0 saturated carbocycles. The van der Waals surface area contributed by atoms with Crippen LogP contribution in [0.2, 0.25) is 0 Å². The van der Waals surface area contributed by atoms with E-state index in [1.54, 1.807) is 6.20 Å². The van der Waals surface area contributed by atoms with Crippen LogP contribution in [0.1, 0.15) is 36.3 Å². The third-order valence-corrected chi connectivity index (χ3v) is 2.95. The van der Waals surface area contributed by atoms with Crippen molar-refractivity contribution in [2.45, 2.75) is 32.9 Å². The fraction of sp³-hybridized carbons (Fsp3) is 0.357. The first kappa shape index (κ1) is 11.9. The number of nitrogens with zero attached hydrogens (tertiary/aromatic N) is 2. The molecule has 3 heteroatoms. The topological polar surface area (TPSA) is 38.0 Å². The molecule has 0 bridgehead atoms. The van der Waals surface area contributed by atoms with E-state index in [2.05, 4.69) is 12.0 Å². The van der Waals surface area contributed by atoms with Crippen molar-refractivity contribution in [1.82, 2.24) is 9.78 Å². The van der Waals surface area contributed by atoms with Crippen LogP contribution < -0.4 is 0 Å². The normalized spacial score (nSPS) is 12.6. The van der Waals surface area contributed by atoms with Gasteiger partial charge in [0.25, 0.3) is 0 Å². The first-order valence-electron chi connectivity index (χ1n) is 5.99. The van der Waals surface area contributed by atoms with Gasteiger partial charge >= 0.3 is 0 Å². The molecule has 0 aliphatic carbocycles. The number of aliphatic hydroxyl groups excluding tert-OH is 1. The Balaban J connectivity index is 2.34. The standard InChI is InChI=1S/C14H18N2O/c1-3-10-16-13(8-9-15-16)14(17)12-7-5-4-6-11(12)2/h4-9,14,17H,3,10H2,1-2H3. The predicted molar refractivity (Wildman–Crippen MR) is 67.8 cm³/mol. The molecule has 1 atom stereocenters. The van der Waals surface area contributed by atoms with Crippen molar-refractivity contribution in [2.75, 3.05) is 0 Å². The van der Waals surface area contributed by atoms with E-state index in [4.69, 9.17) is 0 Å². The summed E-state index contributed by atoms with van der Waals surface area (Å²) in [5, 5.41) is 14.6. The van der Waals surface area contributed by atoms with E-state index in [1.807, 2.05) is 41.9 Å². The van der Waals surface area contributed by atoms with Crippen molar-refractivity contribution < 1.29 is 5.11 Å². The second kappa shape index (κ2) is 5.15. The van der Waals surface area contributed by atoms with Gasteiger partial charge in [-0.25, -0.2) is 0 Å². The van der Waals surface area contributed by atoms with E-state index in [0.29, 0.717) is 0 Å². The summed E-state index contributed by atoms with van der Waals surface area (Å²) in [4.78, 5) is 0. The van der Waals surface area contributed by atoms with Gasteiger partial charge in [-0.15, -0.1) is 0 Å². The fourth-order valence-corrected chi connectivity index (χ4v) is 2.03. The highest BCUT2D eigenvalue weighted by atomic mass is 16.3. The average molecular weight is 230 g/mol. The molecule has 1 aromatic carbocycles. The SMILES string of the molecule is CCCn1nccc1C(O)c1ccccc1C. The van der Waals surface area contributed by atoms with Crippen molar-refractivity contribution in [3.05, 3.63) is 53.3 Å². The lowest BCUT2D eigenvalue weighted by Gasteiger charge is -2.15. The van der Waals surface area contributed by atoms with E-state index in [0.717, 1.165) is 29.8 Å². The summed E-state index contributed by atoms with van der Waals surface area (Å²) in [5.74, 6) is 0. The lowest BCUT2D eigenvalue weighted by atomic mass is 10.0. The molecule has 0 aliphatic rings. The Hall–Kier alpha value is -1.61. The fourth-order valence-electron chi connectivity index (χ4n) is 2.03. The zero-order valence-corrected chi connectivity index (χ0v) is 10.3. The van der Waals surface area contributed by atoms with Crippen molar-refractivity contribution in [3.63, 3.8) is 0 Å². The molecular formula is C14H18N2O. The van der Waals surface area contributed by atoms with Crippen LogP contribution in [0.3, 0.4) is 0 Å². The van der Waals surface area contributed by atoms with Gasteiger partial charge in [-0.2, -0.15) is 5.10 Å². The number of aryl methyl sites for hydroxylation is 2. The highest BCUT2D eigenvalue weighted by molar-refractivity contribution is 5.32. The lowest BCUT2D eigenvalue weighted by molar-refractivity contribution is 0.206. The van der Waals surface area contributed by atoms with E-state index in [1.165, 1.54) is 0 Å². The maximum absolute atomic E-state index is 10.4.